The molecule has 1 fully saturated rings. The Morgan fingerprint density at radius 1 is 1.50 bits per heavy atom. The summed E-state index contributed by atoms with van der Waals surface area (Å²) in [7, 11) is 0. The number of hydrogen-bond donors (Lipinski definition) is 0. The molecule has 0 saturated heterocycles. The molecule has 0 bridgehead atoms. The van der Waals surface area contributed by atoms with Crippen molar-refractivity contribution in [1.82, 2.24) is 0 Å². The fourth-order valence-corrected chi connectivity index (χ4v) is 2.56. The normalized spacial score (nSPS) is 37.4. The maximum absolute atomic E-state index is 2.41. The van der Waals surface area contributed by atoms with Crippen LogP contribution >= 0.6 is 0 Å². The summed E-state index contributed by atoms with van der Waals surface area (Å²) in [6, 6.07) is 0. The first-order valence-electron chi connectivity index (χ1n) is 5.34. The molecule has 0 nitrogen and oxygen atoms in total. The SMILES string of the molecule is C/C=C/C1(C)CCCC(CC)C1. The van der Waals surface area contributed by atoms with E-state index in [2.05, 4.69) is 32.9 Å². The Labute approximate surface area is 77.1 Å². The van der Waals surface area contributed by atoms with E-state index in [1.165, 1.54) is 32.1 Å². The van der Waals surface area contributed by atoms with E-state index in [1.54, 1.807) is 0 Å². The van der Waals surface area contributed by atoms with Crippen LogP contribution < -0.4 is 0 Å². The molecule has 1 aliphatic rings. The van der Waals surface area contributed by atoms with Gasteiger partial charge in [-0.25, -0.2) is 0 Å². The molecule has 12 heavy (non-hydrogen) atoms. The molecule has 70 valence electrons. The number of allylic oxidation sites excluding steroid dienone is 2. The third kappa shape index (κ3) is 2.36. The highest BCUT2D eigenvalue weighted by Crippen LogP contribution is 2.41. The minimum absolute atomic E-state index is 0.522. The van der Waals surface area contributed by atoms with E-state index in [9.17, 15) is 0 Å². The van der Waals surface area contributed by atoms with E-state index in [-0.39, 0.29) is 0 Å². The molecule has 1 saturated carbocycles. The van der Waals surface area contributed by atoms with E-state index in [4.69, 9.17) is 0 Å². The molecule has 0 spiro atoms. The van der Waals surface area contributed by atoms with Gasteiger partial charge in [0.25, 0.3) is 0 Å². The van der Waals surface area contributed by atoms with E-state index in [0.717, 1.165) is 5.92 Å². The average Bonchev–Trinajstić information content (AvgIpc) is 2.04. The van der Waals surface area contributed by atoms with Gasteiger partial charge in [-0.1, -0.05) is 45.3 Å². The predicted octanol–water partition coefficient (Wildman–Crippen LogP) is 4.17. The number of hydrogen-bond acceptors (Lipinski definition) is 0. The zero-order valence-electron chi connectivity index (χ0n) is 8.77. The van der Waals surface area contributed by atoms with Crippen LogP contribution in [0.4, 0.5) is 0 Å². The maximum Gasteiger partial charge on any atom is -0.0144 e. The molecular formula is C12H22. The molecule has 0 aliphatic heterocycles. The van der Waals surface area contributed by atoms with Gasteiger partial charge < -0.3 is 0 Å². The molecule has 0 amide bonds. The second kappa shape index (κ2) is 4.11. The third-order valence-corrected chi connectivity index (χ3v) is 3.26. The molecule has 0 aromatic heterocycles. The van der Waals surface area contributed by atoms with Gasteiger partial charge in [-0.15, -0.1) is 0 Å². The molecule has 0 aromatic rings. The lowest BCUT2D eigenvalue weighted by Gasteiger charge is -2.35. The van der Waals surface area contributed by atoms with Crippen LogP contribution in [0, 0.1) is 11.3 Å². The Hall–Kier alpha value is -0.260. The fourth-order valence-electron chi connectivity index (χ4n) is 2.56. The quantitative estimate of drug-likeness (QED) is 0.540. The zero-order valence-corrected chi connectivity index (χ0v) is 8.77. The molecule has 0 N–H and O–H groups in total. The lowest BCUT2D eigenvalue weighted by molar-refractivity contribution is 0.207. The van der Waals surface area contributed by atoms with Crippen LogP contribution in [-0.4, -0.2) is 0 Å². The van der Waals surface area contributed by atoms with Crippen LogP contribution in [0.2, 0.25) is 0 Å². The lowest BCUT2D eigenvalue weighted by Crippen LogP contribution is -2.23. The Bertz CT molecular complexity index is 157. The Morgan fingerprint density at radius 2 is 2.25 bits per heavy atom. The first kappa shape index (κ1) is 9.83. The molecule has 0 radical (unpaired) electrons. The van der Waals surface area contributed by atoms with Crippen LogP contribution in [0.5, 0.6) is 0 Å². The summed E-state index contributed by atoms with van der Waals surface area (Å²) in [4.78, 5) is 0. The second-order valence-corrected chi connectivity index (χ2v) is 4.52. The molecule has 2 atom stereocenters. The summed E-state index contributed by atoms with van der Waals surface area (Å²) in [5.74, 6) is 0.986. The van der Waals surface area contributed by atoms with Crippen molar-refractivity contribution in [3.05, 3.63) is 12.2 Å². The molecule has 1 aliphatic carbocycles. The Morgan fingerprint density at radius 3 is 2.83 bits per heavy atom. The Balaban J connectivity index is 2.54. The molecule has 1 rings (SSSR count). The van der Waals surface area contributed by atoms with E-state index >= 15 is 0 Å². The number of rotatable bonds is 2. The topological polar surface area (TPSA) is 0 Å². The highest BCUT2D eigenvalue weighted by molar-refractivity contribution is 4.98. The van der Waals surface area contributed by atoms with Crippen molar-refractivity contribution in [1.29, 1.82) is 0 Å². The minimum Gasteiger partial charge on any atom is -0.0911 e. The van der Waals surface area contributed by atoms with Gasteiger partial charge in [-0.2, -0.15) is 0 Å². The van der Waals surface area contributed by atoms with Crippen molar-refractivity contribution in [2.24, 2.45) is 11.3 Å². The summed E-state index contributed by atoms with van der Waals surface area (Å²) in [6.07, 6.45) is 11.7. The average molecular weight is 166 g/mol. The van der Waals surface area contributed by atoms with Crippen molar-refractivity contribution >= 4 is 0 Å². The van der Waals surface area contributed by atoms with Gasteiger partial charge in [0.15, 0.2) is 0 Å². The van der Waals surface area contributed by atoms with Crippen LogP contribution in [0.25, 0.3) is 0 Å². The van der Waals surface area contributed by atoms with Crippen LogP contribution in [0.1, 0.15) is 52.9 Å². The van der Waals surface area contributed by atoms with Gasteiger partial charge in [-0.05, 0) is 31.1 Å². The van der Waals surface area contributed by atoms with Gasteiger partial charge in [0.2, 0.25) is 0 Å². The molecule has 0 aromatic carbocycles. The third-order valence-electron chi connectivity index (χ3n) is 3.26. The molecule has 0 heterocycles. The van der Waals surface area contributed by atoms with Crippen molar-refractivity contribution in [3.63, 3.8) is 0 Å². The van der Waals surface area contributed by atoms with Gasteiger partial charge >= 0.3 is 0 Å². The lowest BCUT2D eigenvalue weighted by atomic mass is 9.70. The van der Waals surface area contributed by atoms with Gasteiger partial charge in [-0.3, -0.25) is 0 Å². The molecule has 2 unspecified atom stereocenters. The van der Waals surface area contributed by atoms with Crippen LogP contribution in [-0.2, 0) is 0 Å². The van der Waals surface area contributed by atoms with Crippen molar-refractivity contribution in [2.75, 3.05) is 0 Å². The monoisotopic (exact) mass is 166 g/mol. The van der Waals surface area contributed by atoms with Gasteiger partial charge in [0.1, 0.15) is 0 Å². The maximum atomic E-state index is 2.41. The van der Waals surface area contributed by atoms with Crippen molar-refractivity contribution < 1.29 is 0 Å². The first-order valence-corrected chi connectivity index (χ1v) is 5.34. The summed E-state index contributed by atoms with van der Waals surface area (Å²) in [6.45, 7) is 6.88. The smallest absolute Gasteiger partial charge is 0.0144 e. The van der Waals surface area contributed by atoms with E-state index in [1.807, 2.05) is 0 Å². The summed E-state index contributed by atoms with van der Waals surface area (Å²) in [5.41, 5.74) is 0.522. The standard InChI is InChI=1S/C12H22/c1-4-8-12(3)9-6-7-11(5-2)10-12/h4,8,11H,5-7,9-10H2,1-3H3/b8-4+. The predicted molar refractivity (Wildman–Crippen MR) is 55.2 cm³/mol. The first-order chi connectivity index (χ1) is 5.70. The fraction of sp³-hybridized carbons (Fsp3) is 0.833. The van der Waals surface area contributed by atoms with E-state index < -0.39 is 0 Å². The van der Waals surface area contributed by atoms with E-state index in [0.29, 0.717) is 5.41 Å². The Kier molecular flexibility index (Phi) is 3.37. The van der Waals surface area contributed by atoms with Crippen LogP contribution in [0.15, 0.2) is 12.2 Å². The largest absolute Gasteiger partial charge is 0.0911 e. The summed E-state index contributed by atoms with van der Waals surface area (Å²) < 4.78 is 0. The van der Waals surface area contributed by atoms with Crippen molar-refractivity contribution in [3.8, 4) is 0 Å². The molecular weight excluding hydrogens is 144 g/mol. The van der Waals surface area contributed by atoms with Crippen molar-refractivity contribution in [2.45, 2.75) is 52.9 Å². The van der Waals surface area contributed by atoms with Gasteiger partial charge in [0.05, 0.1) is 0 Å². The molecule has 0 heteroatoms. The highest BCUT2D eigenvalue weighted by Gasteiger charge is 2.28. The highest BCUT2D eigenvalue weighted by atomic mass is 14.3. The second-order valence-electron chi connectivity index (χ2n) is 4.52. The minimum atomic E-state index is 0.522. The van der Waals surface area contributed by atoms with Crippen LogP contribution in [0.3, 0.4) is 0 Å². The summed E-state index contributed by atoms with van der Waals surface area (Å²) in [5, 5.41) is 0. The van der Waals surface area contributed by atoms with Gasteiger partial charge in [0, 0.05) is 0 Å². The zero-order chi connectivity index (χ0) is 9.03. The summed E-state index contributed by atoms with van der Waals surface area (Å²) >= 11 is 0.